The second-order valence-corrected chi connectivity index (χ2v) is 16.7. The minimum atomic E-state index is -0.234. The van der Waals surface area contributed by atoms with E-state index in [-0.39, 0.29) is 12.2 Å². The Morgan fingerprint density at radius 2 is 1.12 bits per heavy atom. The summed E-state index contributed by atoms with van der Waals surface area (Å²) in [4.78, 5) is 14.4. The first-order chi connectivity index (χ1) is 20.7. The van der Waals surface area contributed by atoms with E-state index < -0.39 is 0 Å². The quantitative estimate of drug-likeness (QED) is 0.157. The summed E-state index contributed by atoms with van der Waals surface area (Å²) in [7, 11) is 0. The number of imidazole rings is 2. The van der Waals surface area contributed by atoms with Crippen LogP contribution in [0, 0.1) is 3.57 Å². The van der Waals surface area contributed by atoms with Crippen molar-refractivity contribution in [2.75, 3.05) is 36.0 Å². The molecule has 2 aromatic carbocycles. The number of aryl methyl sites for hydroxylation is 4. The van der Waals surface area contributed by atoms with Crippen LogP contribution < -0.4 is 9.80 Å². The molecule has 230 valence electrons. The molecule has 8 nitrogen and oxygen atoms in total. The van der Waals surface area contributed by atoms with Gasteiger partial charge in [0.2, 0.25) is 11.9 Å². The van der Waals surface area contributed by atoms with Gasteiger partial charge in [-0.25, -0.2) is 9.97 Å². The number of piperidine rings is 1. The minimum absolute atomic E-state index is 0.152. The van der Waals surface area contributed by atoms with E-state index in [9.17, 15) is 10.2 Å². The molecular weight excluding hydrogens is 991 g/mol. The van der Waals surface area contributed by atoms with Gasteiger partial charge in [0.15, 0.2) is 0 Å². The summed E-state index contributed by atoms with van der Waals surface area (Å²) in [5, 5.41) is 19.6. The number of hydrogen-bond acceptors (Lipinski definition) is 6. The molecule has 0 spiro atoms. The van der Waals surface area contributed by atoms with E-state index in [0.717, 1.165) is 118 Å². The Labute approximate surface area is 305 Å². The average molecular weight is 1020 g/mol. The maximum atomic E-state index is 9.81. The molecule has 1 atom stereocenters. The average Bonchev–Trinajstić information content (AvgIpc) is 3.73. The molecule has 14 heteroatoms. The third-order valence-corrected chi connectivity index (χ3v) is 16.5. The van der Waals surface area contributed by atoms with Crippen LogP contribution in [0.1, 0.15) is 43.2 Å². The van der Waals surface area contributed by atoms with Crippen molar-refractivity contribution in [3.63, 3.8) is 0 Å². The van der Waals surface area contributed by atoms with E-state index in [1.54, 1.807) is 0 Å². The lowest BCUT2D eigenvalue weighted by Crippen LogP contribution is -2.37. The minimum Gasteiger partial charge on any atom is -0.393 e. The summed E-state index contributed by atoms with van der Waals surface area (Å²) in [6.07, 6.45) is 6.53. The number of aliphatic hydroxyl groups excluding tert-OH is 2. The summed E-state index contributed by atoms with van der Waals surface area (Å²) >= 11 is 20.9. The molecule has 0 unspecified atom stereocenters. The fraction of sp³-hybridized carbons (Fsp3) is 0.517. The normalized spacial score (nSPS) is 20.3. The lowest BCUT2D eigenvalue weighted by Gasteiger charge is -2.31. The molecule has 6 heterocycles. The van der Waals surface area contributed by atoms with Gasteiger partial charge in [-0.05, 0) is 158 Å². The zero-order valence-corrected chi connectivity index (χ0v) is 33.3. The van der Waals surface area contributed by atoms with Gasteiger partial charge in [-0.1, -0.05) is 0 Å². The zero-order valence-electron chi connectivity index (χ0n) is 23.2. The Balaban J connectivity index is 0.000000140. The summed E-state index contributed by atoms with van der Waals surface area (Å²) in [5.41, 5.74) is 7.31. The van der Waals surface area contributed by atoms with Gasteiger partial charge in [0, 0.05) is 57.2 Å². The van der Waals surface area contributed by atoms with Crippen molar-refractivity contribution in [3.05, 3.63) is 37.1 Å². The molecule has 0 aliphatic carbocycles. The molecule has 43 heavy (non-hydrogen) atoms. The van der Waals surface area contributed by atoms with E-state index in [0.29, 0.717) is 6.54 Å². The van der Waals surface area contributed by atoms with Crippen LogP contribution in [0.5, 0.6) is 0 Å². The maximum absolute atomic E-state index is 9.81. The fourth-order valence-corrected chi connectivity index (χ4v) is 10.6. The van der Waals surface area contributed by atoms with Crippen molar-refractivity contribution >= 4 is 136 Å². The van der Waals surface area contributed by atoms with Gasteiger partial charge < -0.3 is 29.1 Å². The molecule has 4 aliphatic rings. The van der Waals surface area contributed by atoms with Crippen molar-refractivity contribution in [1.29, 1.82) is 0 Å². The predicted molar refractivity (Wildman–Crippen MR) is 198 cm³/mol. The highest BCUT2D eigenvalue weighted by atomic mass is 127. The molecule has 0 saturated carbocycles. The number of hydrogen-bond donors (Lipinski definition) is 2. The number of nitrogens with zero attached hydrogens (tertiary/aromatic N) is 6. The highest BCUT2D eigenvalue weighted by Crippen LogP contribution is 2.45. The van der Waals surface area contributed by atoms with Gasteiger partial charge in [0.25, 0.3) is 0 Å². The van der Waals surface area contributed by atoms with Gasteiger partial charge in [-0.2, -0.15) is 0 Å². The maximum Gasteiger partial charge on any atom is 0.206 e. The van der Waals surface area contributed by atoms with E-state index in [4.69, 9.17) is 9.97 Å². The predicted octanol–water partition coefficient (Wildman–Crippen LogP) is 7.91. The third kappa shape index (κ3) is 5.46. The van der Waals surface area contributed by atoms with Crippen LogP contribution in [0.15, 0.2) is 22.4 Å². The fourth-order valence-electron chi connectivity index (χ4n) is 6.85. The standard InChI is InChI=1S/C15H16Br2IN3O.C14H14Br3N3O/c16-10-9-2-1-5-21-14(9)13(12(18)11(10)17)19-15(21)20-6-3-8(22)4-7-20;15-9-8-2-1-4-20-13(8)12(11(17)10(9)16)18-14(20)19-5-3-7(21)6-19/h8,22H,1-7H2;7,21H,1-6H2/t;7-/m.0/s1. The van der Waals surface area contributed by atoms with Crippen molar-refractivity contribution in [1.82, 2.24) is 19.1 Å². The lowest BCUT2D eigenvalue weighted by atomic mass is 10.0. The Hall–Kier alpha value is 0.0300. The summed E-state index contributed by atoms with van der Waals surface area (Å²) in [6.45, 7) is 5.35. The van der Waals surface area contributed by atoms with Crippen LogP contribution in [0.2, 0.25) is 0 Å². The van der Waals surface area contributed by atoms with Crippen LogP contribution in [0.3, 0.4) is 0 Å². The highest BCUT2D eigenvalue weighted by molar-refractivity contribution is 14.1. The first kappa shape index (κ1) is 31.6. The SMILES string of the molecule is OC1CCN(c2nc3c(I)c(Br)c(Br)c4c3n2CCC4)CC1.O[C@H]1CCN(c2nc3c(Br)c(Br)c(Br)c4c3n2CCC4)C1. The Morgan fingerprint density at radius 3 is 1.72 bits per heavy atom. The number of aliphatic hydroxyl groups is 2. The second kappa shape index (κ2) is 12.6. The highest BCUT2D eigenvalue weighted by Gasteiger charge is 2.31. The molecule has 2 N–H and O–H groups in total. The monoisotopic (exact) mass is 1020 g/mol. The van der Waals surface area contributed by atoms with Crippen LogP contribution in [0.25, 0.3) is 22.1 Å². The smallest absolute Gasteiger partial charge is 0.206 e. The molecular formula is C29H30Br5IN6O2. The molecule has 0 radical (unpaired) electrons. The molecule has 2 aromatic heterocycles. The molecule has 0 amide bonds. The molecule has 8 rings (SSSR count). The van der Waals surface area contributed by atoms with Gasteiger partial charge in [-0.15, -0.1) is 0 Å². The zero-order chi connectivity index (χ0) is 30.2. The van der Waals surface area contributed by atoms with Crippen molar-refractivity contribution < 1.29 is 10.2 Å². The van der Waals surface area contributed by atoms with Gasteiger partial charge in [0.1, 0.15) is 11.0 Å². The van der Waals surface area contributed by atoms with Crippen molar-refractivity contribution in [3.8, 4) is 0 Å². The molecule has 0 bridgehead atoms. The van der Waals surface area contributed by atoms with Crippen LogP contribution >= 0.6 is 102 Å². The second-order valence-electron chi connectivity index (χ2n) is 11.7. The summed E-state index contributed by atoms with van der Waals surface area (Å²) in [5.74, 6) is 2.07. The first-order valence-electron chi connectivity index (χ1n) is 14.6. The van der Waals surface area contributed by atoms with Gasteiger partial charge in [-0.3, -0.25) is 0 Å². The number of anilines is 2. The largest absolute Gasteiger partial charge is 0.393 e. The Morgan fingerprint density at radius 1 is 0.605 bits per heavy atom. The number of halogens is 6. The Kier molecular flexibility index (Phi) is 9.24. The van der Waals surface area contributed by atoms with Crippen LogP contribution in [-0.4, -0.2) is 67.7 Å². The van der Waals surface area contributed by atoms with Crippen LogP contribution in [-0.2, 0) is 25.9 Å². The number of β-amino-alcohol motifs (C(OH)–C–C–N with tert-alkyl or cyclic N) is 1. The van der Waals surface area contributed by atoms with Gasteiger partial charge >= 0.3 is 0 Å². The topological polar surface area (TPSA) is 82.6 Å². The number of rotatable bonds is 2. The Bertz CT molecular complexity index is 1750. The molecule has 2 saturated heterocycles. The van der Waals surface area contributed by atoms with Gasteiger partial charge in [0.05, 0.1) is 31.3 Å². The number of aromatic nitrogens is 4. The third-order valence-electron chi connectivity index (χ3n) is 8.99. The van der Waals surface area contributed by atoms with E-state index >= 15 is 0 Å². The van der Waals surface area contributed by atoms with E-state index in [1.807, 2.05) is 0 Å². The van der Waals surface area contributed by atoms with Crippen molar-refractivity contribution in [2.45, 2.75) is 70.2 Å². The summed E-state index contributed by atoms with van der Waals surface area (Å²) < 4.78 is 11.3. The number of benzene rings is 2. The first-order valence-corrected chi connectivity index (χ1v) is 19.7. The van der Waals surface area contributed by atoms with E-state index in [1.165, 1.54) is 30.2 Å². The van der Waals surface area contributed by atoms with E-state index in [2.05, 4.69) is 121 Å². The van der Waals surface area contributed by atoms with Crippen molar-refractivity contribution in [2.24, 2.45) is 0 Å². The lowest BCUT2D eigenvalue weighted by molar-refractivity contribution is 0.145. The molecule has 4 aromatic rings. The van der Waals surface area contributed by atoms with Crippen LogP contribution in [0.4, 0.5) is 11.9 Å². The molecule has 4 aliphatic heterocycles. The summed E-state index contributed by atoms with van der Waals surface area (Å²) in [6, 6.07) is 0. The molecule has 2 fully saturated rings.